The SMILES string of the molecule is CCNc1nc(N)c(C(=O)NCCN(C)C)s1. The van der Waals surface area contributed by atoms with Crippen LogP contribution in [0.3, 0.4) is 0 Å². The molecule has 7 heteroatoms. The highest BCUT2D eigenvalue weighted by molar-refractivity contribution is 7.18. The number of hydrogen-bond donors (Lipinski definition) is 3. The Morgan fingerprint density at radius 2 is 2.24 bits per heavy atom. The fraction of sp³-hybridized carbons (Fsp3) is 0.600. The average Bonchev–Trinajstić information content (AvgIpc) is 2.59. The van der Waals surface area contributed by atoms with Gasteiger partial charge >= 0.3 is 0 Å². The Balaban J connectivity index is 2.56. The van der Waals surface area contributed by atoms with E-state index in [2.05, 4.69) is 15.6 Å². The van der Waals surface area contributed by atoms with Crippen LogP contribution in [0, 0.1) is 0 Å². The summed E-state index contributed by atoms with van der Waals surface area (Å²) in [6.07, 6.45) is 0. The highest BCUT2D eigenvalue weighted by Gasteiger charge is 2.15. The Morgan fingerprint density at radius 1 is 1.53 bits per heavy atom. The molecule has 1 aromatic rings. The molecule has 0 saturated carbocycles. The standard InChI is InChI=1S/C10H19N5OS/c1-4-12-10-14-8(11)7(17-10)9(16)13-5-6-15(2)3/h4-6,11H2,1-3H3,(H,12,14)(H,13,16). The molecule has 17 heavy (non-hydrogen) atoms. The van der Waals surface area contributed by atoms with Crippen LogP contribution in [0.1, 0.15) is 16.6 Å². The zero-order chi connectivity index (χ0) is 12.8. The van der Waals surface area contributed by atoms with Crippen LogP contribution < -0.4 is 16.4 Å². The number of amides is 1. The van der Waals surface area contributed by atoms with Crippen molar-refractivity contribution in [2.45, 2.75) is 6.92 Å². The molecule has 0 spiro atoms. The van der Waals surface area contributed by atoms with Crippen LogP contribution >= 0.6 is 11.3 Å². The summed E-state index contributed by atoms with van der Waals surface area (Å²) in [5.74, 6) is 0.124. The topological polar surface area (TPSA) is 83.3 Å². The van der Waals surface area contributed by atoms with E-state index in [-0.39, 0.29) is 11.7 Å². The van der Waals surface area contributed by atoms with Gasteiger partial charge in [-0.25, -0.2) is 4.98 Å². The first-order valence-corrected chi connectivity index (χ1v) is 6.29. The van der Waals surface area contributed by atoms with Crippen molar-refractivity contribution in [1.82, 2.24) is 15.2 Å². The highest BCUT2D eigenvalue weighted by Crippen LogP contribution is 2.24. The van der Waals surface area contributed by atoms with Gasteiger partial charge in [0.1, 0.15) is 10.7 Å². The van der Waals surface area contributed by atoms with E-state index < -0.39 is 0 Å². The van der Waals surface area contributed by atoms with Crippen LogP contribution in [0.15, 0.2) is 0 Å². The van der Waals surface area contributed by atoms with Crippen molar-refractivity contribution >= 4 is 28.2 Å². The van der Waals surface area contributed by atoms with Crippen LogP contribution in [0.5, 0.6) is 0 Å². The molecule has 0 radical (unpaired) electrons. The van der Waals surface area contributed by atoms with Gasteiger partial charge in [-0.2, -0.15) is 0 Å². The maximum absolute atomic E-state index is 11.8. The quantitative estimate of drug-likeness (QED) is 0.689. The Morgan fingerprint density at radius 3 is 2.82 bits per heavy atom. The van der Waals surface area contributed by atoms with Gasteiger partial charge in [0.15, 0.2) is 5.13 Å². The van der Waals surface area contributed by atoms with Crippen molar-refractivity contribution in [2.24, 2.45) is 0 Å². The Hall–Kier alpha value is -1.34. The van der Waals surface area contributed by atoms with Gasteiger partial charge in [-0.1, -0.05) is 11.3 Å². The van der Waals surface area contributed by atoms with Crippen molar-refractivity contribution in [3.63, 3.8) is 0 Å². The number of carbonyl (C=O) groups excluding carboxylic acids is 1. The number of anilines is 2. The molecule has 0 bridgehead atoms. The third-order valence-electron chi connectivity index (χ3n) is 2.03. The minimum Gasteiger partial charge on any atom is -0.382 e. The number of rotatable bonds is 6. The number of likely N-dealkylation sites (N-methyl/N-ethyl adjacent to an activating group) is 1. The number of carbonyl (C=O) groups is 1. The molecular weight excluding hydrogens is 238 g/mol. The fourth-order valence-corrected chi connectivity index (χ4v) is 2.06. The van der Waals surface area contributed by atoms with E-state index in [9.17, 15) is 4.79 Å². The molecule has 0 aromatic carbocycles. The van der Waals surface area contributed by atoms with Crippen LogP contribution in [0.25, 0.3) is 0 Å². The van der Waals surface area contributed by atoms with E-state index in [0.717, 1.165) is 13.1 Å². The van der Waals surface area contributed by atoms with Crippen molar-refractivity contribution in [3.8, 4) is 0 Å². The second kappa shape index (κ2) is 6.41. The first-order valence-electron chi connectivity index (χ1n) is 5.47. The van der Waals surface area contributed by atoms with E-state index in [1.165, 1.54) is 11.3 Å². The molecule has 1 amide bonds. The van der Waals surface area contributed by atoms with Gasteiger partial charge in [-0.15, -0.1) is 0 Å². The predicted octanol–water partition coefficient (Wildman–Crippen LogP) is 0.448. The molecule has 0 fully saturated rings. The van der Waals surface area contributed by atoms with Crippen molar-refractivity contribution in [3.05, 3.63) is 4.88 Å². The van der Waals surface area contributed by atoms with E-state index in [4.69, 9.17) is 5.73 Å². The summed E-state index contributed by atoms with van der Waals surface area (Å²) in [7, 11) is 3.91. The summed E-state index contributed by atoms with van der Waals surface area (Å²) in [6.45, 7) is 4.12. The zero-order valence-electron chi connectivity index (χ0n) is 10.4. The fourth-order valence-electron chi connectivity index (χ4n) is 1.19. The number of aromatic nitrogens is 1. The molecule has 0 aliphatic heterocycles. The molecule has 96 valence electrons. The summed E-state index contributed by atoms with van der Waals surface area (Å²) < 4.78 is 0. The number of nitrogens with zero attached hydrogens (tertiary/aromatic N) is 2. The molecule has 4 N–H and O–H groups in total. The number of nitrogens with two attached hydrogens (primary N) is 1. The lowest BCUT2D eigenvalue weighted by Crippen LogP contribution is -2.31. The van der Waals surface area contributed by atoms with Gasteiger partial charge in [-0.05, 0) is 21.0 Å². The Kier molecular flexibility index (Phi) is 5.17. The maximum Gasteiger partial charge on any atom is 0.265 e. The van der Waals surface area contributed by atoms with Crippen molar-refractivity contribution < 1.29 is 4.79 Å². The van der Waals surface area contributed by atoms with Gasteiger partial charge in [0.25, 0.3) is 5.91 Å². The number of nitrogen functional groups attached to an aromatic ring is 1. The number of hydrogen-bond acceptors (Lipinski definition) is 6. The highest BCUT2D eigenvalue weighted by atomic mass is 32.1. The lowest BCUT2D eigenvalue weighted by Gasteiger charge is -2.09. The molecule has 0 atom stereocenters. The summed E-state index contributed by atoms with van der Waals surface area (Å²) in [5, 5.41) is 6.53. The molecule has 0 aliphatic carbocycles. The molecule has 0 unspecified atom stereocenters. The number of nitrogens with one attached hydrogen (secondary N) is 2. The van der Waals surface area contributed by atoms with Crippen LogP contribution in [0.4, 0.5) is 10.9 Å². The molecule has 1 heterocycles. The van der Waals surface area contributed by atoms with Crippen LogP contribution in [-0.4, -0.2) is 49.5 Å². The lowest BCUT2D eigenvalue weighted by atomic mass is 10.4. The molecular formula is C10H19N5OS. The molecule has 6 nitrogen and oxygen atoms in total. The zero-order valence-corrected chi connectivity index (χ0v) is 11.2. The van der Waals surface area contributed by atoms with Gasteiger partial charge in [0, 0.05) is 19.6 Å². The minimum atomic E-state index is -0.161. The lowest BCUT2D eigenvalue weighted by molar-refractivity contribution is 0.0956. The maximum atomic E-state index is 11.8. The molecule has 0 saturated heterocycles. The molecule has 0 aliphatic rings. The largest absolute Gasteiger partial charge is 0.382 e. The second-order valence-corrected chi connectivity index (χ2v) is 4.82. The van der Waals surface area contributed by atoms with Gasteiger partial charge in [-0.3, -0.25) is 4.79 Å². The van der Waals surface area contributed by atoms with Crippen molar-refractivity contribution in [2.75, 3.05) is 44.8 Å². The molecule has 1 aromatic heterocycles. The second-order valence-electron chi connectivity index (χ2n) is 3.82. The summed E-state index contributed by atoms with van der Waals surface area (Å²) in [5.41, 5.74) is 5.69. The Labute approximate surface area is 105 Å². The summed E-state index contributed by atoms with van der Waals surface area (Å²) in [4.78, 5) is 18.3. The Bertz CT molecular complexity index is 377. The molecule has 1 rings (SSSR count). The van der Waals surface area contributed by atoms with Crippen molar-refractivity contribution in [1.29, 1.82) is 0 Å². The van der Waals surface area contributed by atoms with E-state index >= 15 is 0 Å². The third kappa shape index (κ3) is 4.20. The van der Waals surface area contributed by atoms with Crippen LogP contribution in [0.2, 0.25) is 0 Å². The van der Waals surface area contributed by atoms with Gasteiger partial charge in [0.05, 0.1) is 0 Å². The predicted molar refractivity (Wildman–Crippen MR) is 71.6 cm³/mol. The van der Waals surface area contributed by atoms with E-state index in [1.54, 1.807) is 0 Å². The number of thiazole rings is 1. The first-order chi connectivity index (χ1) is 8.04. The minimum absolute atomic E-state index is 0.161. The first kappa shape index (κ1) is 13.7. The van der Waals surface area contributed by atoms with E-state index in [1.807, 2.05) is 25.9 Å². The summed E-state index contributed by atoms with van der Waals surface area (Å²) in [6, 6.07) is 0. The smallest absolute Gasteiger partial charge is 0.265 e. The van der Waals surface area contributed by atoms with Gasteiger partial charge in [0.2, 0.25) is 0 Å². The van der Waals surface area contributed by atoms with Crippen LogP contribution in [-0.2, 0) is 0 Å². The third-order valence-corrected chi connectivity index (χ3v) is 3.06. The monoisotopic (exact) mass is 257 g/mol. The average molecular weight is 257 g/mol. The summed E-state index contributed by atoms with van der Waals surface area (Å²) >= 11 is 1.28. The normalized spacial score (nSPS) is 10.6. The van der Waals surface area contributed by atoms with Gasteiger partial charge < -0.3 is 21.3 Å². The van der Waals surface area contributed by atoms with E-state index in [0.29, 0.717) is 16.6 Å².